The maximum absolute atomic E-state index is 10.9. The Labute approximate surface area is 141 Å². The Kier molecular flexibility index (Phi) is 17.7. The van der Waals surface area contributed by atoms with Crippen molar-refractivity contribution >= 4 is 11.9 Å². The molecule has 0 aliphatic heterocycles. The smallest absolute Gasteiger partial charge is 0.310 e. The third-order valence-electron chi connectivity index (χ3n) is 3.83. The van der Waals surface area contributed by atoms with Gasteiger partial charge in [-0.3, -0.25) is 9.59 Å². The molecule has 23 heavy (non-hydrogen) atoms. The Balaban J connectivity index is 0. The molecule has 0 aliphatic carbocycles. The highest BCUT2D eigenvalue weighted by Gasteiger charge is 2.15. The van der Waals surface area contributed by atoms with Gasteiger partial charge in [0.25, 0.3) is 0 Å². The van der Waals surface area contributed by atoms with Gasteiger partial charge in [-0.15, -0.1) is 0 Å². The molecule has 5 heteroatoms. The molecule has 0 fully saturated rings. The van der Waals surface area contributed by atoms with Crippen LogP contribution < -0.4 is 11.9 Å². The highest BCUT2D eigenvalue weighted by molar-refractivity contribution is 5.82. The van der Waals surface area contributed by atoms with Crippen molar-refractivity contribution in [1.29, 1.82) is 0 Å². The lowest BCUT2D eigenvalue weighted by Gasteiger charge is -2.04. The molecule has 136 valence electrons. The van der Waals surface area contributed by atoms with Gasteiger partial charge in [0.05, 0.1) is 5.92 Å². The van der Waals surface area contributed by atoms with Crippen LogP contribution in [0.4, 0.5) is 0 Å². The van der Waals surface area contributed by atoms with Gasteiger partial charge < -0.3 is 17.0 Å². The van der Waals surface area contributed by atoms with Gasteiger partial charge in [0.2, 0.25) is 5.91 Å². The fourth-order valence-electron chi connectivity index (χ4n) is 2.46. The van der Waals surface area contributed by atoms with Crippen LogP contribution in [0.15, 0.2) is 12.2 Å². The zero-order valence-corrected chi connectivity index (χ0v) is 14.8. The topological polar surface area (TPSA) is 115 Å². The van der Waals surface area contributed by atoms with Crippen molar-refractivity contribution in [2.24, 2.45) is 11.7 Å². The number of hydrogen-bond donors (Lipinski definition) is 3. The van der Waals surface area contributed by atoms with Gasteiger partial charge >= 0.3 is 5.97 Å². The first kappa shape index (κ1) is 23.9. The first-order valence-corrected chi connectivity index (χ1v) is 8.75. The third-order valence-corrected chi connectivity index (χ3v) is 3.83. The number of rotatable bonds is 15. The number of hydrogen-bond acceptors (Lipinski definition) is 3. The van der Waals surface area contributed by atoms with E-state index >= 15 is 0 Å². The van der Waals surface area contributed by atoms with E-state index in [9.17, 15) is 9.59 Å². The number of nitrogens with two attached hydrogens (primary N) is 1. The Morgan fingerprint density at radius 2 is 1.43 bits per heavy atom. The SMILES string of the molecule is CCCCCCCCCCCCC=CC(CC(N)=O)C(=O)O.N. The maximum atomic E-state index is 10.9. The van der Waals surface area contributed by atoms with Crippen molar-refractivity contribution in [3.63, 3.8) is 0 Å². The average Bonchev–Trinajstić information content (AvgIpc) is 2.46. The van der Waals surface area contributed by atoms with Gasteiger partial charge in [-0.25, -0.2) is 0 Å². The molecule has 0 spiro atoms. The largest absolute Gasteiger partial charge is 0.481 e. The van der Waals surface area contributed by atoms with E-state index in [4.69, 9.17) is 10.8 Å². The minimum Gasteiger partial charge on any atom is -0.481 e. The first-order chi connectivity index (χ1) is 10.6. The first-order valence-electron chi connectivity index (χ1n) is 8.75. The van der Waals surface area contributed by atoms with Crippen molar-refractivity contribution in [1.82, 2.24) is 6.15 Å². The minimum atomic E-state index is -0.988. The van der Waals surface area contributed by atoms with Crippen LogP contribution in [0.3, 0.4) is 0 Å². The Morgan fingerprint density at radius 1 is 0.957 bits per heavy atom. The molecule has 5 nitrogen and oxygen atoms in total. The van der Waals surface area contributed by atoms with E-state index in [0.717, 1.165) is 12.8 Å². The molecular weight excluding hydrogens is 292 g/mol. The van der Waals surface area contributed by atoms with Crippen molar-refractivity contribution in [2.45, 2.75) is 84.0 Å². The van der Waals surface area contributed by atoms with Crippen LogP contribution in [0.5, 0.6) is 0 Å². The van der Waals surface area contributed by atoms with E-state index in [0.29, 0.717) is 0 Å². The van der Waals surface area contributed by atoms with E-state index in [-0.39, 0.29) is 12.6 Å². The second-order valence-corrected chi connectivity index (χ2v) is 6.01. The lowest BCUT2D eigenvalue weighted by molar-refractivity contribution is -0.141. The van der Waals surface area contributed by atoms with Crippen LogP contribution in [-0.4, -0.2) is 17.0 Å². The lowest BCUT2D eigenvalue weighted by Crippen LogP contribution is -2.20. The summed E-state index contributed by atoms with van der Waals surface area (Å²) in [5, 5.41) is 8.94. The minimum absolute atomic E-state index is 0. The van der Waals surface area contributed by atoms with Gasteiger partial charge in [0.1, 0.15) is 0 Å². The molecule has 0 aliphatic rings. The zero-order valence-electron chi connectivity index (χ0n) is 14.8. The molecule has 6 N–H and O–H groups in total. The summed E-state index contributed by atoms with van der Waals surface area (Å²) in [6.07, 6.45) is 17.1. The summed E-state index contributed by atoms with van der Waals surface area (Å²) in [5.74, 6) is -2.34. The average molecular weight is 328 g/mol. The summed E-state index contributed by atoms with van der Waals surface area (Å²) < 4.78 is 0. The molecule has 1 amide bonds. The van der Waals surface area contributed by atoms with Crippen LogP contribution in [0, 0.1) is 5.92 Å². The Hall–Kier alpha value is -1.36. The summed E-state index contributed by atoms with van der Waals surface area (Å²) in [5.41, 5.74) is 5.03. The molecule has 1 atom stereocenters. The summed E-state index contributed by atoms with van der Waals surface area (Å²) in [7, 11) is 0. The van der Waals surface area contributed by atoms with E-state index in [2.05, 4.69) is 6.92 Å². The van der Waals surface area contributed by atoms with Gasteiger partial charge in [-0.05, 0) is 12.8 Å². The number of carbonyl (C=O) groups excluding carboxylic acids is 1. The standard InChI is InChI=1S/C18H33NO3.H3N/c1-2-3-4-5-6-7-8-9-10-11-12-13-14-16(18(21)22)15-17(19)20;/h13-14,16H,2-12,15H2,1H3,(H2,19,20)(H,21,22);1H3. The van der Waals surface area contributed by atoms with Crippen molar-refractivity contribution in [3.8, 4) is 0 Å². The number of carboxylic acid groups (broad SMARTS) is 1. The lowest BCUT2D eigenvalue weighted by atomic mass is 10.0. The van der Waals surface area contributed by atoms with Gasteiger partial charge in [0, 0.05) is 6.42 Å². The molecule has 1 unspecified atom stereocenters. The second-order valence-electron chi connectivity index (χ2n) is 6.01. The third kappa shape index (κ3) is 16.8. The monoisotopic (exact) mass is 328 g/mol. The predicted molar refractivity (Wildman–Crippen MR) is 95.6 cm³/mol. The van der Waals surface area contributed by atoms with Crippen molar-refractivity contribution < 1.29 is 14.7 Å². The van der Waals surface area contributed by atoms with Crippen LogP contribution in [-0.2, 0) is 9.59 Å². The number of allylic oxidation sites excluding steroid dienone is 1. The van der Waals surface area contributed by atoms with E-state index < -0.39 is 17.8 Å². The summed E-state index contributed by atoms with van der Waals surface area (Å²) >= 11 is 0. The van der Waals surface area contributed by atoms with Crippen LogP contribution in [0.25, 0.3) is 0 Å². The van der Waals surface area contributed by atoms with E-state index in [1.54, 1.807) is 6.08 Å². The molecule has 0 aromatic rings. The molecular formula is C18H36N2O3. The number of carbonyl (C=O) groups is 2. The van der Waals surface area contributed by atoms with Crippen LogP contribution >= 0.6 is 0 Å². The molecule has 0 rings (SSSR count). The normalized spacial score (nSPS) is 12.0. The highest BCUT2D eigenvalue weighted by Crippen LogP contribution is 2.12. The number of aliphatic carboxylic acids is 1. The number of amides is 1. The number of carboxylic acids is 1. The molecule has 0 aromatic heterocycles. The van der Waals surface area contributed by atoms with Crippen LogP contribution in [0.2, 0.25) is 0 Å². The molecule has 0 aromatic carbocycles. The molecule has 0 bridgehead atoms. The number of primary amides is 1. The van der Waals surface area contributed by atoms with Crippen LogP contribution in [0.1, 0.15) is 84.0 Å². The summed E-state index contributed by atoms with van der Waals surface area (Å²) in [6, 6.07) is 0. The van der Waals surface area contributed by atoms with Crippen molar-refractivity contribution in [2.75, 3.05) is 0 Å². The number of unbranched alkanes of at least 4 members (excludes halogenated alkanes) is 10. The van der Waals surface area contributed by atoms with Crippen molar-refractivity contribution in [3.05, 3.63) is 12.2 Å². The van der Waals surface area contributed by atoms with Gasteiger partial charge in [-0.2, -0.15) is 0 Å². The molecule has 0 radical (unpaired) electrons. The fraction of sp³-hybridized carbons (Fsp3) is 0.778. The molecule has 0 saturated carbocycles. The van der Waals surface area contributed by atoms with Gasteiger partial charge in [0.15, 0.2) is 0 Å². The summed E-state index contributed by atoms with van der Waals surface area (Å²) in [6.45, 7) is 2.24. The van der Waals surface area contributed by atoms with E-state index in [1.807, 2.05) is 6.08 Å². The highest BCUT2D eigenvalue weighted by atomic mass is 16.4. The fourth-order valence-corrected chi connectivity index (χ4v) is 2.46. The quantitative estimate of drug-likeness (QED) is 0.301. The maximum Gasteiger partial charge on any atom is 0.310 e. The summed E-state index contributed by atoms with van der Waals surface area (Å²) in [4.78, 5) is 21.7. The zero-order chi connectivity index (χ0) is 16.6. The van der Waals surface area contributed by atoms with E-state index in [1.165, 1.54) is 57.8 Å². The Bertz CT molecular complexity index is 330. The molecule has 0 saturated heterocycles. The Morgan fingerprint density at radius 3 is 1.87 bits per heavy atom. The second kappa shape index (κ2) is 17.0. The molecule has 0 heterocycles. The van der Waals surface area contributed by atoms with Gasteiger partial charge in [-0.1, -0.05) is 76.9 Å². The predicted octanol–water partition coefficient (Wildman–Crippen LogP) is 4.59.